The fourth-order valence-electron chi connectivity index (χ4n) is 2.08. The average molecular weight is 330 g/mol. The molecule has 3 nitrogen and oxygen atoms in total. The van der Waals surface area contributed by atoms with Crippen LogP contribution in [0.15, 0.2) is 48.0 Å². The number of halogens is 1. The Hall–Kier alpha value is -1.91. The molecule has 5 heteroatoms. The predicted molar refractivity (Wildman–Crippen MR) is 94.2 cm³/mol. The molecule has 1 N–H and O–H groups in total. The molecule has 1 aromatic carbocycles. The number of hydrogen-bond donors (Lipinski definition) is 1. The highest BCUT2D eigenvalue weighted by molar-refractivity contribution is 7.14. The van der Waals surface area contributed by atoms with Gasteiger partial charge < -0.3 is 5.32 Å². The topological polar surface area (TPSA) is 37.8 Å². The molecule has 112 valence electrons. The van der Waals surface area contributed by atoms with Crippen molar-refractivity contribution in [2.75, 3.05) is 5.32 Å². The molecule has 0 aliphatic rings. The summed E-state index contributed by atoms with van der Waals surface area (Å²) in [5.74, 6) is 0.541. The van der Waals surface area contributed by atoms with Crippen molar-refractivity contribution in [1.29, 1.82) is 0 Å². The molecule has 0 fully saturated rings. The van der Waals surface area contributed by atoms with Crippen molar-refractivity contribution in [3.63, 3.8) is 0 Å². The van der Waals surface area contributed by atoms with Crippen LogP contribution in [0.1, 0.15) is 25.3 Å². The maximum atomic E-state index is 5.78. The highest BCUT2D eigenvalue weighted by atomic mass is 35.5. The van der Waals surface area contributed by atoms with Gasteiger partial charge in [-0.1, -0.05) is 49.7 Å². The number of thiazole rings is 1. The third kappa shape index (κ3) is 3.46. The Balaban J connectivity index is 1.77. The van der Waals surface area contributed by atoms with Crippen LogP contribution in [-0.4, -0.2) is 9.97 Å². The number of benzene rings is 1. The summed E-state index contributed by atoms with van der Waals surface area (Å²) in [5.41, 5.74) is 4.32. The fourth-order valence-corrected chi connectivity index (χ4v) is 2.93. The van der Waals surface area contributed by atoms with E-state index in [1.54, 1.807) is 23.6 Å². The normalized spacial score (nSPS) is 10.9. The number of pyridine rings is 1. The third-order valence-corrected chi connectivity index (χ3v) is 4.34. The van der Waals surface area contributed by atoms with Gasteiger partial charge >= 0.3 is 0 Å². The number of nitrogens with zero attached hydrogens (tertiary/aromatic N) is 2. The van der Waals surface area contributed by atoms with Crippen LogP contribution in [0.25, 0.3) is 11.3 Å². The fraction of sp³-hybridized carbons (Fsp3) is 0.176. The summed E-state index contributed by atoms with van der Waals surface area (Å²) in [4.78, 5) is 8.67. The summed E-state index contributed by atoms with van der Waals surface area (Å²) in [6.07, 6.45) is 1.70. The molecule has 3 aromatic rings. The smallest absolute Gasteiger partial charge is 0.187 e. The Bertz CT molecular complexity index is 748. The lowest BCUT2D eigenvalue weighted by Gasteiger charge is -2.05. The lowest BCUT2D eigenvalue weighted by molar-refractivity contribution is 0.867. The van der Waals surface area contributed by atoms with Crippen LogP contribution in [0.4, 0.5) is 10.8 Å². The maximum absolute atomic E-state index is 5.78. The van der Waals surface area contributed by atoms with E-state index in [0.717, 1.165) is 22.1 Å². The molecule has 0 aliphatic heterocycles. The lowest BCUT2D eigenvalue weighted by Crippen LogP contribution is -1.90. The zero-order valence-corrected chi connectivity index (χ0v) is 13.9. The van der Waals surface area contributed by atoms with Crippen molar-refractivity contribution in [3.05, 3.63) is 58.7 Å². The molecule has 0 bridgehead atoms. The molecule has 0 unspecified atom stereocenters. The van der Waals surface area contributed by atoms with E-state index < -0.39 is 0 Å². The van der Waals surface area contributed by atoms with E-state index in [2.05, 4.69) is 58.8 Å². The molecule has 2 aromatic heterocycles. The predicted octanol–water partition coefficient (Wildman–Crippen LogP) is 5.73. The van der Waals surface area contributed by atoms with Crippen molar-refractivity contribution >= 4 is 33.8 Å². The van der Waals surface area contributed by atoms with E-state index in [1.807, 2.05) is 6.07 Å². The summed E-state index contributed by atoms with van der Waals surface area (Å²) in [5, 5.41) is 6.61. The van der Waals surface area contributed by atoms with E-state index >= 15 is 0 Å². The molecular formula is C17H16ClN3S. The first-order chi connectivity index (χ1) is 10.6. The van der Waals surface area contributed by atoms with Gasteiger partial charge in [0.1, 0.15) is 5.15 Å². The van der Waals surface area contributed by atoms with Crippen LogP contribution in [-0.2, 0) is 0 Å². The summed E-state index contributed by atoms with van der Waals surface area (Å²) in [6.45, 7) is 4.39. The minimum atomic E-state index is 0.482. The second-order valence-electron chi connectivity index (χ2n) is 5.31. The minimum absolute atomic E-state index is 0.482. The first-order valence-electron chi connectivity index (χ1n) is 7.06. The average Bonchev–Trinajstić information content (AvgIpc) is 2.98. The molecule has 0 saturated carbocycles. The molecule has 0 amide bonds. The van der Waals surface area contributed by atoms with Crippen molar-refractivity contribution in [2.45, 2.75) is 19.8 Å². The van der Waals surface area contributed by atoms with Crippen molar-refractivity contribution < 1.29 is 0 Å². The molecule has 0 atom stereocenters. The molecule has 0 saturated heterocycles. The van der Waals surface area contributed by atoms with Crippen LogP contribution in [0.5, 0.6) is 0 Å². The van der Waals surface area contributed by atoms with Gasteiger partial charge in [-0.15, -0.1) is 11.3 Å². The van der Waals surface area contributed by atoms with Crippen LogP contribution in [0.2, 0.25) is 5.15 Å². The standard InChI is InChI=1S/C17H16ClN3S/c1-11(2)12-3-5-13(6-4-12)15-10-22-17(21-15)20-14-7-8-16(18)19-9-14/h3-11H,1-2H3,(H,20,21). The van der Waals surface area contributed by atoms with Gasteiger partial charge in [0.05, 0.1) is 17.6 Å². The van der Waals surface area contributed by atoms with Gasteiger partial charge in [0.15, 0.2) is 5.13 Å². The van der Waals surface area contributed by atoms with Crippen LogP contribution in [0, 0.1) is 0 Å². The second kappa shape index (κ2) is 6.46. The minimum Gasteiger partial charge on any atom is -0.330 e. The largest absolute Gasteiger partial charge is 0.330 e. The number of rotatable bonds is 4. The molecule has 22 heavy (non-hydrogen) atoms. The van der Waals surface area contributed by atoms with Gasteiger partial charge in [0, 0.05) is 10.9 Å². The Morgan fingerprint density at radius 3 is 2.50 bits per heavy atom. The number of nitrogens with one attached hydrogen (secondary N) is 1. The number of anilines is 2. The maximum Gasteiger partial charge on any atom is 0.187 e. The van der Waals surface area contributed by atoms with Crippen LogP contribution < -0.4 is 5.32 Å². The molecule has 0 spiro atoms. The quantitative estimate of drug-likeness (QED) is 0.621. The van der Waals surface area contributed by atoms with Crippen molar-refractivity contribution in [1.82, 2.24) is 9.97 Å². The summed E-state index contributed by atoms with van der Waals surface area (Å²) in [7, 11) is 0. The summed E-state index contributed by atoms with van der Waals surface area (Å²) < 4.78 is 0. The first-order valence-corrected chi connectivity index (χ1v) is 8.32. The van der Waals surface area contributed by atoms with E-state index in [4.69, 9.17) is 11.6 Å². The SMILES string of the molecule is CC(C)c1ccc(-c2csc(Nc3ccc(Cl)nc3)n2)cc1. The lowest BCUT2D eigenvalue weighted by atomic mass is 10.0. The molecule has 3 rings (SSSR count). The van der Waals surface area contributed by atoms with Crippen molar-refractivity contribution in [3.8, 4) is 11.3 Å². The number of hydrogen-bond acceptors (Lipinski definition) is 4. The van der Waals surface area contributed by atoms with E-state index in [1.165, 1.54) is 5.56 Å². The van der Waals surface area contributed by atoms with Crippen LogP contribution >= 0.6 is 22.9 Å². The van der Waals surface area contributed by atoms with Gasteiger partial charge in [0.25, 0.3) is 0 Å². The highest BCUT2D eigenvalue weighted by Crippen LogP contribution is 2.28. The number of aromatic nitrogens is 2. The Morgan fingerprint density at radius 2 is 1.86 bits per heavy atom. The third-order valence-electron chi connectivity index (χ3n) is 3.36. The molecular weight excluding hydrogens is 314 g/mol. The van der Waals surface area contributed by atoms with E-state index in [-0.39, 0.29) is 0 Å². The summed E-state index contributed by atoms with van der Waals surface area (Å²) in [6, 6.07) is 12.2. The Morgan fingerprint density at radius 1 is 1.09 bits per heavy atom. The van der Waals surface area contributed by atoms with Crippen LogP contribution in [0.3, 0.4) is 0 Å². The monoisotopic (exact) mass is 329 g/mol. The van der Waals surface area contributed by atoms with Crippen molar-refractivity contribution in [2.24, 2.45) is 0 Å². The van der Waals surface area contributed by atoms with Gasteiger partial charge in [-0.25, -0.2) is 9.97 Å². The second-order valence-corrected chi connectivity index (χ2v) is 6.55. The van der Waals surface area contributed by atoms with Gasteiger partial charge in [0.2, 0.25) is 0 Å². The highest BCUT2D eigenvalue weighted by Gasteiger charge is 2.06. The van der Waals surface area contributed by atoms with Gasteiger partial charge in [-0.2, -0.15) is 0 Å². The molecule has 0 aliphatic carbocycles. The van der Waals surface area contributed by atoms with Gasteiger partial charge in [-0.05, 0) is 23.6 Å². The molecule has 2 heterocycles. The zero-order valence-electron chi connectivity index (χ0n) is 12.4. The Labute approximate surface area is 139 Å². The van der Waals surface area contributed by atoms with Gasteiger partial charge in [-0.3, -0.25) is 0 Å². The summed E-state index contributed by atoms with van der Waals surface area (Å²) >= 11 is 7.35. The Kier molecular flexibility index (Phi) is 4.41. The van der Waals surface area contributed by atoms with E-state index in [9.17, 15) is 0 Å². The zero-order chi connectivity index (χ0) is 15.5. The first kappa shape index (κ1) is 15.0. The van der Waals surface area contributed by atoms with E-state index in [0.29, 0.717) is 11.1 Å². The molecule has 0 radical (unpaired) electrons.